The Morgan fingerprint density at radius 2 is 1.58 bits per heavy atom. The number of carbonyl (C=O) groups is 3. The Morgan fingerprint density at radius 1 is 0.962 bits per heavy atom. The highest BCUT2D eigenvalue weighted by Gasteiger charge is 2.40. The van der Waals surface area contributed by atoms with Crippen LogP contribution in [-0.4, -0.2) is 28.0 Å². The molecule has 4 rings (SSSR count). The Bertz CT molecular complexity index is 1090. The number of hydroxylamine groups is 2. The Labute approximate surface area is 143 Å². The van der Waals surface area contributed by atoms with Crippen LogP contribution in [0.2, 0.25) is 0 Å². The van der Waals surface area contributed by atoms with Crippen LogP contribution in [0.5, 0.6) is 0 Å². The second-order valence-corrected chi connectivity index (χ2v) is 5.43. The van der Waals surface area contributed by atoms with E-state index >= 15 is 0 Å². The lowest BCUT2D eigenvalue weighted by molar-refractivity contribution is -0.176. The zero-order chi connectivity index (χ0) is 18.4. The smallest absolute Gasteiger partial charge is 0.479 e. The highest BCUT2D eigenvalue weighted by Crippen LogP contribution is 2.29. The molecular formula is C17H9NO8. The van der Waals surface area contributed by atoms with Crippen LogP contribution in [0, 0.1) is 0 Å². The van der Waals surface area contributed by atoms with E-state index < -0.39 is 29.7 Å². The van der Waals surface area contributed by atoms with Crippen molar-refractivity contribution in [1.82, 2.24) is 5.06 Å². The van der Waals surface area contributed by atoms with Crippen LogP contribution in [0.3, 0.4) is 0 Å². The molecule has 9 heteroatoms. The zero-order valence-corrected chi connectivity index (χ0v) is 12.9. The van der Waals surface area contributed by atoms with Crippen LogP contribution in [-0.2, 0) is 9.63 Å². The van der Waals surface area contributed by atoms with E-state index in [0.717, 1.165) is 0 Å². The molecule has 2 aromatic carbocycles. The first-order valence-electron chi connectivity index (χ1n) is 7.36. The summed E-state index contributed by atoms with van der Waals surface area (Å²) in [6, 6.07) is 9.95. The number of carbonyl (C=O) groups excluding carboxylic acids is 2. The summed E-state index contributed by atoms with van der Waals surface area (Å²) in [6.07, 6.45) is -1.68. The molecule has 3 aromatic rings. The second kappa shape index (κ2) is 5.67. The number of nitrogens with zero attached hydrogens (tertiary/aromatic N) is 1. The number of aliphatic carboxylic acids is 1. The lowest BCUT2D eigenvalue weighted by Gasteiger charge is -2.19. The minimum Gasteiger partial charge on any atom is -0.479 e. The Morgan fingerprint density at radius 3 is 2.19 bits per heavy atom. The summed E-state index contributed by atoms with van der Waals surface area (Å²) in [5.41, 5.74) is 0.454. The fourth-order valence-electron chi connectivity index (χ4n) is 2.67. The Hall–Kier alpha value is -3.72. The molecule has 1 aliphatic heterocycles. The predicted octanol–water partition coefficient (Wildman–Crippen LogP) is 1.74. The molecule has 0 aliphatic carbocycles. The minimum absolute atomic E-state index is 0.0183. The molecule has 0 saturated heterocycles. The van der Waals surface area contributed by atoms with Gasteiger partial charge in [0, 0.05) is 0 Å². The number of rotatable bonds is 4. The van der Waals surface area contributed by atoms with Gasteiger partial charge in [-0.3, -0.25) is 9.59 Å². The standard InChI is InChI=1S/C17H9NO8/c19-14-9-3-1-2-4-10(9)15(20)18(14)26-13(16(21)22)8-5-6-11-12(7-8)25-17(23)24-11/h1-7,13H,(H,21,22)/t13-/m1/s1. The van der Waals surface area contributed by atoms with Crippen molar-refractivity contribution in [1.29, 1.82) is 0 Å². The number of hydrogen-bond acceptors (Lipinski definition) is 7. The first-order valence-corrected chi connectivity index (χ1v) is 7.36. The van der Waals surface area contributed by atoms with Gasteiger partial charge in [0.05, 0.1) is 11.1 Å². The second-order valence-electron chi connectivity index (χ2n) is 5.43. The van der Waals surface area contributed by atoms with E-state index in [-0.39, 0.29) is 27.9 Å². The first kappa shape index (κ1) is 15.8. The van der Waals surface area contributed by atoms with Crippen molar-refractivity contribution < 1.29 is 33.2 Å². The van der Waals surface area contributed by atoms with Crippen LogP contribution in [0.15, 0.2) is 56.1 Å². The van der Waals surface area contributed by atoms with Crippen LogP contribution in [0.4, 0.5) is 0 Å². The van der Waals surface area contributed by atoms with Gasteiger partial charge in [0.2, 0.25) is 6.10 Å². The number of imide groups is 1. The fraction of sp³-hybridized carbons (Fsp3) is 0.0588. The van der Waals surface area contributed by atoms with E-state index in [1.165, 1.54) is 30.3 Å². The maximum Gasteiger partial charge on any atom is 0.519 e. The van der Waals surface area contributed by atoms with E-state index in [1.807, 2.05) is 0 Å². The van der Waals surface area contributed by atoms with E-state index in [0.29, 0.717) is 5.06 Å². The molecule has 1 N–H and O–H groups in total. The topological polar surface area (TPSA) is 127 Å². The van der Waals surface area contributed by atoms with Gasteiger partial charge in [-0.15, -0.1) is 5.06 Å². The highest BCUT2D eigenvalue weighted by molar-refractivity contribution is 6.20. The molecule has 1 aliphatic rings. The molecule has 0 bridgehead atoms. The molecule has 26 heavy (non-hydrogen) atoms. The van der Waals surface area contributed by atoms with Crippen molar-refractivity contribution >= 4 is 28.9 Å². The summed E-state index contributed by atoms with van der Waals surface area (Å²) in [7, 11) is 0. The normalized spacial score (nSPS) is 14.7. The van der Waals surface area contributed by atoms with E-state index in [4.69, 9.17) is 13.7 Å². The molecule has 1 aromatic heterocycles. The molecule has 2 heterocycles. The van der Waals surface area contributed by atoms with Gasteiger partial charge in [-0.2, -0.15) is 0 Å². The van der Waals surface area contributed by atoms with Crippen molar-refractivity contribution in [2.24, 2.45) is 0 Å². The van der Waals surface area contributed by atoms with Gasteiger partial charge in [0.15, 0.2) is 11.2 Å². The van der Waals surface area contributed by atoms with Gasteiger partial charge in [0.25, 0.3) is 11.8 Å². The molecule has 130 valence electrons. The zero-order valence-electron chi connectivity index (χ0n) is 12.9. The summed E-state index contributed by atoms with van der Waals surface area (Å²) in [5.74, 6) is -3.89. The number of fused-ring (bicyclic) bond motifs is 2. The van der Waals surface area contributed by atoms with Crippen LogP contribution in [0.1, 0.15) is 32.4 Å². The van der Waals surface area contributed by atoms with Gasteiger partial charge in [0.1, 0.15) is 0 Å². The number of benzene rings is 2. The average molecular weight is 355 g/mol. The molecule has 1 atom stereocenters. The lowest BCUT2D eigenvalue weighted by atomic mass is 10.1. The SMILES string of the molecule is O=C(O)[C@H](ON1C(=O)c2ccccc2C1=O)c1ccc2oc(=O)oc2c1. The van der Waals surface area contributed by atoms with Gasteiger partial charge in [-0.25, -0.2) is 14.4 Å². The van der Waals surface area contributed by atoms with Gasteiger partial charge >= 0.3 is 11.8 Å². The average Bonchev–Trinajstić information content (AvgIpc) is 3.10. The Balaban J connectivity index is 1.69. The monoisotopic (exact) mass is 355 g/mol. The largest absolute Gasteiger partial charge is 0.519 e. The molecule has 0 radical (unpaired) electrons. The maximum absolute atomic E-state index is 12.3. The molecule has 9 nitrogen and oxygen atoms in total. The highest BCUT2D eigenvalue weighted by atomic mass is 16.7. The number of amides is 2. The van der Waals surface area contributed by atoms with E-state index in [2.05, 4.69) is 0 Å². The predicted molar refractivity (Wildman–Crippen MR) is 83.2 cm³/mol. The van der Waals surface area contributed by atoms with Crippen LogP contribution in [0.25, 0.3) is 11.2 Å². The van der Waals surface area contributed by atoms with Gasteiger partial charge in [-0.1, -0.05) is 18.2 Å². The Kier molecular flexibility index (Phi) is 3.44. The summed E-state index contributed by atoms with van der Waals surface area (Å²) < 4.78 is 9.53. The summed E-state index contributed by atoms with van der Waals surface area (Å²) in [5, 5.41) is 9.88. The van der Waals surface area contributed by atoms with Crippen LogP contribution < -0.4 is 5.82 Å². The lowest BCUT2D eigenvalue weighted by Crippen LogP contribution is -2.34. The fourth-order valence-corrected chi connectivity index (χ4v) is 2.67. The number of carboxylic acid groups (broad SMARTS) is 1. The minimum atomic E-state index is -1.68. The molecule has 0 saturated carbocycles. The quantitative estimate of drug-likeness (QED) is 0.701. The first-order chi connectivity index (χ1) is 12.5. The van der Waals surface area contributed by atoms with Crippen molar-refractivity contribution in [2.45, 2.75) is 6.10 Å². The third-order valence-corrected chi connectivity index (χ3v) is 3.85. The van der Waals surface area contributed by atoms with Crippen molar-refractivity contribution in [3.8, 4) is 0 Å². The van der Waals surface area contributed by atoms with E-state index in [1.54, 1.807) is 12.1 Å². The summed E-state index contributed by atoms with van der Waals surface area (Å²) >= 11 is 0. The van der Waals surface area contributed by atoms with Crippen molar-refractivity contribution in [3.63, 3.8) is 0 Å². The van der Waals surface area contributed by atoms with Gasteiger partial charge in [-0.05, 0) is 29.8 Å². The molecule has 2 amide bonds. The molecular weight excluding hydrogens is 346 g/mol. The third-order valence-electron chi connectivity index (χ3n) is 3.85. The van der Waals surface area contributed by atoms with Crippen molar-refractivity contribution in [2.75, 3.05) is 0 Å². The number of carboxylic acids is 1. The van der Waals surface area contributed by atoms with Crippen molar-refractivity contribution in [3.05, 3.63) is 69.8 Å². The maximum atomic E-state index is 12.3. The van der Waals surface area contributed by atoms with Crippen LogP contribution >= 0.6 is 0 Å². The van der Waals surface area contributed by atoms with E-state index in [9.17, 15) is 24.3 Å². The molecule has 0 fully saturated rings. The third kappa shape index (κ3) is 2.38. The summed E-state index contributed by atoms with van der Waals surface area (Å²) in [4.78, 5) is 52.6. The van der Waals surface area contributed by atoms with Gasteiger partial charge < -0.3 is 13.9 Å². The summed E-state index contributed by atoms with van der Waals surface area (Å²) in [6.45, 7) is 0. The molecule has 0 unspecified atom stereocenters. The number of hydrogen-bond donors (Lipinski definition) is 1. The molecule has 0 spiro atoms.